The lowest BCUT2D eigenvalue weighted by Crippen LogP contribution is -2.34. The fraction of sp³-hybridized carbons (Fsp3) is 0.429. The smallest absolute Gasteiger partial charge is 0.380 e. The molecule has 0 bridgehead atoms. The van der Waals surface area contributed by atoms with E-state index in [-0.39, 0.29) is 25.7 Å². The van der Waals surface area contributed by atoms with E-state index < -0.39 is 46.5 Å². The van der Waals surface area contributed by atoms with E-state index in [4.69, 9.17) is 4.74 Å². The summed E-state index contributed by atoms with van der Waals surface area (Å²) in [6, 6.07) is 0.564. The van der Waals surface area contributed by atoms with Crippen LogP contribution in [0.3, 0.4) is 0 Å². The van der Waals surface area contributed by atoms with Crippen LogP contribution in [0.5, 0.6) is 0 Å². The van der Waals surface area contributed by atoms with E-state index in [0.717, 1.165) is 0 Å². The zero-order chi connectivity index (χ0) is 17.4. The van der Waals surface area contributed by atoms with E-state index in [0.29, 0.717) is 12.1 Å². The van der Waals surface area contributed by atoms with Gasteiger partial charge in [-0.25, -0.2) is 0 Å². The van der Waals surface area contributed by atoms with E-state index >= 15 is 0 Å². The first-order valence-corrected chi connectivity index (χ1v) is 6.44. The maximum absolute atomic E-state index is 12.7. The molecule has 1 aliphatic rings. The molecule has 1 aliphatic heterocycles. The Bertz CT molecular complexity index is 600. The molecule has 3 nitrogen and oxygen atoms in total. The number of hydrogen-bond acceptors (Lipinski definition) is 3. The Morgan fingerprint density at radius 2 is 1.52 bits per heavy atom. The first kappa shape index (κ1) is 17.5. The Morgan fingerprint density at radius 1 is 1.00 bits per heavy atom. The Hall–Kier alpha value is -1.90. The Kier molecular flexibility index (Phi) is 4.52. The fourth-order valence-corrected chi connectivity index (χ4v) is 2.16. The molecule has 126 valence electrons. The first-order valence-electron chi connectivity index (χ1n) is 6.44. The lowest BCUT2D eigenvalue weighted by molar-refractivity contribution is -0.143. The fourth-order valence-electron chi connectivity index (χ4n) is 2.16. The van der Waals surface area contributed by atoms with Crippen molar-refractivity contribution in [2.24, 2.45) is 5.92 Å². The third-order valence-electron chi connectivity index (χ3n) is 3.35. The normalized spacial score (nSPS) is 19.7. The van der Waals surface area contributed by atoms with E-state index in [9.17, 15) is 35.9 Å². The zero-order valence-corrected chi connectivity index (χ0v) is 11.4. The molecule has 2 rings (SSSR count). The standard InChI is InChI=1S/C14H10F6O3/c15-13(16,17)8-3-7(4-9(5-8)14(18,19)20)12(22)10-6-23-2-1-11(10)21/h3-5,10H,1-2,6H2. The molecule has 1 fully saturated rings. The van der Waals surface area contributed by atoms with Gasteiger partial charge in [0, 0.05) is 12.0 Å². The van der Waals surface area contributed by atoms with Crippen molar-refractivity contribution in [2.45, 2.75) is 18.8 Å². The van der Waals surface area contributed by atoms with Crippen molar-refractivity contribution in [3.63, 3.8) is 0 Å². The van der Waals surface area contributed by atoms with E-state index in [1.165, 1.54) is 0 Å². The monoisotopic (exact) mass is 340 g/mol. The van der Waals surface area contributed by atoms with Gasteiger partial charge in [-0.15, -0.1) is 0 Å². The molecule has 0 aromatic heterocycles. The van der Waals surface area contributed by atoms with Gasteiger partial charge in [-0.2, -0.15) is 26.3 Å². The molecule has 1 aromatic rings. The predicted octanol–water partition coefficient (Wildman–Crippen LogP) is 3.51. The summed E-state index contributed by atoms with van der Waals surface area (Å²) in [6.45, 7) is -0.283. The highest BCUT2D eigenvalue weighted by Gasteiger charge is 2.39. The van der Waals surface area contributed by atoms with Crippen LogP contribution < -0.4 is 0 Å². The molecule has 1 aromatic carbocycles. The van der Waals surface area contributed by atoms with Crippen molar-refractivity contribution in [1.82, 2.24) is 0 Å². The summed E-state index contributed by atoms with van der Waals surface area (Å²) in [7, 11) is 0. The van der Waals surface area contributed by atoms with Crippen LogP contribution >= 0.6 is 0 Å². The first-order chi connectivity index (χ1) is 10.5. The zero-order valence-electron chi connectivity index (χ0n) is 11.4. The lowest BCUT2D eigenvalue weighted by Gasteiger charge is -2.21. The largest absolute Gasteiger partial charge is 0.416 e. The number of alkyl halides is 6. The van der Waals surface area contributed by atoms with Crippen LogP contribution in [0.15, 0.2) is 18.2 Å². The number of rotatable bonds is 2. The Labute approximate surface area is 126 Å². The summed E-state index contributed by atoms with van der Waals surface area (Å²) in [6.07, 6.45) is -10.2. The van der Waals surface area contributed by atoms with Crippen molar-refractivity contribution < 1.29 is 40.7 Å². The average molecular weight is 340 g/mol. The molecule has 1 heterocycles. The highest BCUT2D eigenvalue weighted by molar-refractivity contribution is 6.11. The van der Waals surface area contributed by atoms with Crippen molar-refractivity contribution >= 4 is 11.6 Å². The third-order valence-corrected chi connectivity index (χ3v) is 3.35. The molecule has 0 N–H and O–H groups in total. The van der Waals surface area contributed by atoms with Crippen LogP contribution in [-0.2, 0) is 21.9 Å². The highest BCUT2D eigenvalue weighted by Crippen LogP contribution is 2.36. The van der Waals surface area contributed by atoms with Crippen LogP contribution in [-0.4, -0.2) is 24.8 Å². The Balaban J connectivity index is 2.48. The van der Waals surface area contributed by atoms with Crippen LogP contribution in [0.25, 0.3) is 0 Å². The maximum atomic E-state index is 12.7. The van der Waals surface area contributed by atoms with Gasteiger partial charge in [0.1, 0.15) is 11.7 Å². The van der Waals surface area contributed by atoms with Gasteiger partial charge in [0.25, 0.3) is 0 Å². The molecular weight excluding hydrogens is 330 g/mol. The molecule has 1 saturated heterocycles. The van der Waals surface area contributed by atoms with Crippen LogP contribution in [0.4, 0.5) is 26.3 Å². The second-order valence-corrected chi connectivity index (χ2v) is 5.00. The van der Waals surface area contributed by atoms with Gasteiger partial charge in [-0.1, -0.05) is 0 Å². The van der Waals surface area contributed by atoms with Crippen molar-refractivity contribution in [3.05, 3.63) is 34.9 Å². The number of hydrogen-bond donors (Lipinski definition) is 0. The minimum atomic E-state index is -5.05. The highest BCUT2D eigenvalue weighted by atomic mass is 19.4. The molecule has 0 amide bonds. The van der Waals surface area contributed by atoms with Gasteiger partial charge in [0.05, 0.1) is 24.3 Å². The quantitative estimate of drug-likeness (QED) is 0.470. The van der Waals surface area contributed by atoms with Gasteiger partial charge in [-0.05, 0) is 18.2 Å². The van der Waals surface area contributed by atoms with Crippen molar-refractivity contribution in [3.8, 4) is 0 Å². The summed E-state index contributed by atoms with van der Waals surface area (Å²) in [5.41, 5.74) is -4.00. The molecular formula is C14H10F6O3. The molecule has 1 atom stereocenters. The third kappa shape index (κ3) is 3.90. The minimum absolute atomic E-state index is 0.0685. The summed E-state index contributed by atoms with van der Waals surface area (Å²) in [4.78, 5) is 23.8. The predicted molar refractivity (Wildman–Crippen MR) is 64.7 cm³/mol. The molecule has 23 heavy (non-hydrogen) atoms. The SMILES string of the molecule is O=C1CCOCC1C(=O)c1cc(C(F)(F)F)cc(C(F)(F)F)c1. The van der Waals surface area contributed by atoms with Crippen molar-refractivity contribution in [2.75, 3.05) is 13.2 Å². The van der Waals surface area contributed by atoms with E-state index in [1.807, 2.05) is 0 Å². The average Bonchev–Trinajstić information content (AvgIpc) is 2.45. The molecule has 0 aliphatic carbocycles. The van der Waals surface area contributed by atoms with Crippen LogP contribution in [0.2, 0.25) is 0 Å². The molecule has 0 radical (unpaired) electrons. The number of ketones is 2. The summed E-state index contributed by atoms with van der Waals surface area (Å²) in [5, 5.41) is 0. The van der Waals surface area contributed by atoms with E-state index in [1.54, 1.807) is 0 Å². The van der Waals surface area contributed by atoms with Crippen LogP contribution in [0, 0.1) is 5.92 Å². The number of carbonyl (C=O) groups excluding carboxylic acids is 2. The topological polar surface area (TPSA) is 43.4 Å². The Morgan fingerprint density at radius 3 is 1.96 bits per heavy atom. The molecule has 9 heteroatoms. The number of halogens is 6. The van der Waals surface area contributed by atoms with Crippen LogP contribution in [0.1, 0.15) is 27.9 Å². The maximum Gasteiger partial charge on any atom is 0.416 e. The number of carbonyl (C=O) groups is 2. The lowest BCUT2D eigenvalue weighted by atomic mass is 9.90. The van der Waals surface area contributed by atoms with E-state index in [2.05, 4.69) is 0 Å². The van der Waals surface area contributed by atoms with Gasteiger partial charge in [0.2, 0.25) is 0 Å². The molecule has 0 spiro atoms. The second kappa shape index (κ2) is 5.95. The number of Topliss-reactive ketones (excluding diaryl/α,β-unsaturated/α-hetero) is 2. The minimum Gasteiger partial charge on any atom is -0.380 e. The van der Waals surface area contributed by atoms with Crippen molar-refractivity contribution in [1.29, 1.82) is 0 Å². The summed E-state index contributed by atoms with van der Waals surface area (Å²) < 4.78 is 81.4. The number of ether oxygens (including phenoxy) is 1. The molecule has 0 saturated carbocycles. The molecule has 1 unspecified atom stereocenters. The second-order valence-electron chi connectivity index (χ2n) is 5.00. The summed E-state index contributed by atoms with van der Waals surface area (Å²) in [5.74, 6) is -3.05. The summed E-state index contributed by atoms with van der Waals surface area (Å²) >= 11 is 0. The van der Waals surface area contributed by atoms with Gasteiger partial charge in [-0.3, -0.25) is 9.59 Å². The van der Waals surface area contributed by atoms with Gasteiger partial charge >= 0.3 is 12.4 Å². The van der Waals surface area contributed by atoms with Gasteiger partial charge in [0.15, 0.2) is 5.78 Å². The number of benzene rings is 1. The van der Waals surface area contributed by atoms with Gasteiger partial charge < -0.3 is 4.74 Å².